The fraction of sp³-hybridized carbons (Fsp3) is 0.833. The summed E-state index contributed by atoms with van der Waals surface area (Å²) in [4.78, 5) is 0. The van der Waals surface area contributed by atoms with Gasteiger partial charge < -0.3 is 5.73 Å². The van der Waals surface area contributed by atoms with Crippen molar-refractivity contribution in [1.29, 1.82) is 0 Å². The Morgan fingerprint density at radius 1 is 1.00 bits per heavy atom. The maximum absolute atomic E-state index is 5.40. The lowest BCUT2D eigenvalue weighted by Crippen LogP contribution is -1.96. The molecule has 2 N–H and O–H groups in total. The molecule has 1 heteroatoms. The van der Waals surface area contributed by atoms with Crippen LogP contribution in [0.25, 0.3) is 0 Å². The largest absolute Gasteiger partial charge is 0.330 e. The SMILES string of the molecule is CC(C)CCC/C=C/CCCCN. The summed E-state index contributed by atoms with van der Waals surface area (Å²) in [5, 5.41) is 0. The highest BCUT2D eigenvalue weighted by Gasteiger charge is 1.90. The van der Waals surface area contributed by atoms with Crippen molar-refractivity contribution in [3.8, 4) is 0 Å². The van der Waals surface area contributed by atoms with Crippen LogP contribution >= 0.6 is 0 Å². The smallest absolute Gasteiger partial charge is 0.00772 e. The van der Waals surface area contributed by atoms with Gasteiger partial charge in [0.1, 0.15) is 0 Å². The molecule has 0 radical (unpaired) electrons. The molecule has 0 aliphatic heterocycles. The Labute approximate surface area is 83.4 Å². The summed E-state index contributed by atoms with van der Waals surface area (Å²) in [6.45, 7) is 5.40. The normalized spacial score (nSPS) is 11.7. The zero-order valence-corrected chi connectivity index (χ0v) is 9.26. The van der Waals surface area contributed by atoms with Crippen LogP contribution in [0.5, 0.6) is 0 Å². The monoisotopic (exact) mass is 183 g/mol. The number of nitrogens with two attached hydrogens (primary N) is 1. The number of rotatable bonds is 8. The molecular weight excluding hydrogens is 158 g/mol. The van der Waals surface area contributed by atoms with Gasteiger partial charge in [-0.15, -0.1) is 0 Å². The summed E-state index contributed by atoms with van der Waals surface area (Å²) in [5.74, 6) is 0.852. The highest BCUT2D eigenvalue weighted by Crippen LogP contribution is 2.07. The lowest BCUT2D eigenvalue weighted by molar-refractivity contribution is 0.559. The van der Waals surface area contributed by atoms with Crippen LogP contribution in [0.4, 0.5) is 0 Å². The van der Waals surface area contributed by atoms with Crippen molar-refractivity contribution in [1.82, 2.24) is 0 Å². The van der Waals surface area contributed by atoms with E-state index in [0.717, 1.165) is 18.9 Å². The second-order valence-corrected chi connectivity index (χ2v) is 4.08. The summed E-state index contributed by atoms with van der Waals surface area (Å²) in [6.07, 6.45) is 12.2. The Kier molecular flexibility index (Phi) is 9.56. The fourth-order valence-electron chi connectivity index (χ4n) is 1.29. The van der Waals surface area contributed by atoms with Gasteiger partial charge in [-0.3, -0.25) is 0 Å². The van der Waals surface area contributed by atoms with Crippen LogP contribution in [0, 0.1) is 5.92 Å². The van der Waals surface area contributed by atoms with E-state index in [1.54, 1.807) is 0 Å². The predicted octanol–water partition coefficient (Wildman–Crippen LogP) is 3.50. The third kappa shape index (κ3) is 11.7. The highest BCUT2D eigenvalue weighted by atomic mass is 14.5. The molecule has 0 aliphatic carbocycles. The number of hydrogen-bond donors (Lipinski definition) is 1. The Hall–Kier alpha value is -0.300. The van der Waals surface area contributed by atoms with Gasteiger partial charge in [-0.05, 0) is 44.6 Å². The third-order valence-electron chi connectivity index (χ3n) is 2.14. The van der Waals surface area contributed by atoms with Gasteiger partial charge in [-0.2, -0.15) is 0 Å². The topological polar surface area (TPSA) is 26.0 Å². The lowest BCUT2D eigenvalue weighted by atomic mass is 10.1. The standard InChI is InChI=1S/C12H25N/c1-12(2)10-8-6-4-3-5-7-9-11-13/h3-4,12H,5-11,13H2,1-2H3/b4-3+. The molecule has 1 nitrogen and oxygen atoms in total. The number of allylic oxidation sites excluding steroid dienone is 2. The molecule has 0 spiro atoms. The maximum atomic E-state index is 5.40. The van der Waals surface area contributed by atoms with Crippen molar-refractivity contribution >= 4 is 0 Å². The molecule has 0 aromatic heterocycles. The van der Waals surface area contributed by atoms with E-state index in [9.17, 15) is 0 Å². The molecule has 0 atom stereocenters. The molecule has 0 aliphatic rings. The Morgan fingerprint density at radius 2 is 1.62 bits per heavy atom. The van der Waals surface area contributed by atoms with Crippen molar-refractivity contribution in [3.05, 3.63) is 12.2 Å². The maximum Gasteiger partial charge on any atom is -0.00772 e. The molecule has 0 heterocycles. The van der Waals surface area contributed by atoms with Crippen molar-refractivity contribution in [2.45, 2.75) is 52.4 Å². The highest BCUT2D eigenvalue weighted by molar-refractivity contribution is 4.81. The molecule has 0 amide bonds. The Morgan fingerprint density at radius 3 is 2.15 bits per heavy atom. The van der Waals surface area contributed by atoms with Crippen molar-refractivity contribution in [3.63, 3.8) is 0 Å². The van der Waals surface area contributed by atoms with Crippen LogP contribution < -0.4 is 5.73 Å². The van der Waals surface area contributed by atoms with Gasteiger partial charge in [0.15, 0.2) is 0 Å². The molecule has 0 fully saturated rings. The summed E-state index contributed by atoms with van der Waals surface area (Å²) in [5.41, 5.74) is 5.40. The van der Waals surface area contributed by atoms with E-state index in [-0.39, 0.29) is 0 Å². The summed E-state index contributed by atoms with van der Waals surface area (Å²) in [7, 11) is 0. The van der Waals surface area contributed by atoms with E-state index < -0.39 is 0 Å². The second kappa shape index (κ2) is 9.79. The van der Waals surface area contributed by atoms with Crippen LogP contribution in [-0.2, 0) is 0 Å². The van der Waals surface area contributed by atoms with E-state index in [1.165, 1.54) is 32.1 Å². The van der Waals surface area contributed by atoms with E-state index in [4.69, 9.17) is 5.73 Å². The van der Waals surface area contributed by atoms with E-state index in [0.29, 0.717) is 0 Å². The molecular formula is C12H25N. The minimum absolute atomic E-state index is 0.835. The first-order chi connectivity index (χ1) is 6.27. The molecule has 13 heavy (non-hydrogen) atoms. The predicted molar refractivity (Wildman–Crippen MR) is 60.7 cm³/mol. The summed E-state index contributed by atoms with van der Waals surface area (Å²) in [6, 6.07) is 0. The molecule has 78 valence electrons. The minimum atomic E-state index is 0.835. The van der Waals surface area contributed by atoms with Crippen LogP contribution in [-0.4, -0.2) is 6.54 Å². The molecule has 0 saturated heterocycles. The third-order valence-corrected chi connectivity index (χ3v) is 2.14. The van der Waals surface area contributed by atoms with Gasteiger partial charge in [-0.25, -0.2) is 0 Å². The number of unbranched alkanes of at least 4 members (excludes halogenated alkanes) is 3. The average Bonchev–Trinajstić information content (AvgIpc) is 2.09. The van der Waals surface area contributed by atoms with Gasteiger partial charge in [0, 0.05) is 0 Å². The van der Waals surface area contributed by atoms with E-state index >= 15 is 0 Å². The molecule has 0 unspecified atom stereocenters. The van der Waals surface area contributed by atoms with Crippen molar-refractivity contribution in [2.24, 2.45) is 11.7 Å². The Bertz CT molecular complexity index is 116. The fourth-order valence-corrected chi connectivity index (χ4v) is 1.29. The zero-order valence-electron chi connectivity index (χ0n) is 9.26. The van der Waals surface area contributed by atoms with Gasteiger partial charge in [0.2, 0.25) is 0 Å². The van der Waals surface area contributed by atoms with Gasteiger partial charge in [0.25, 0.3) is 0 Å². The first-order valence-electron chi connectivity index (χ1n) is 5.62. The van der Waals surface area contributed by atoms with E-state index in [1.807, 2.05) is 0 Å². The average molecular weight is 183 g/mol. The summed E-state index contributed by atoms with van der Waals surface area (Å²) < 4.78 is 0. The Balaban J connectivity index is 3.03. The first-order valence-corrected chi connectivity index (χ1v) is 5.62. The first kappa shape index (κ1) is 12.7. The molecule has 0 saturated carbocycles. The quantitative estimate of drug-likeness (QED) is 0.452. The van der Waals surface area contributed by atoms with Gasteiger partial charge in [0.05, 0.1) is 0 Å². The number of hydrogen-bond acceptors (Lipinski definition) is 1. The van der Waals surface area contributed by atoms with Crippen LogP contribution in [0.2, 0.25) is 0 Å². The molecule has 0 bridgehead atoms. The lowest BCUT2D eigenvalue weighted by Gasteiger charge is -2.00. The van der Waals surface area contributed by atoms with Crippen LogP contribution in [0.3, 0.4) is 0 Å². The van der Waals surface area contributed by atoms with Gasteiger partial charge in [-0.1, -0.05) is 32.4 Å². The van der Waals surface area contributed by atoms with Crippen LogP contribution in [0.1, 0.15) is 52.4 Å². The van der Waals surface area contributed by atoms with Gasteiger partial charge >= 0.3 is 0 Å². The molecule has 0 aromatic carbocycles. The van der Waals surface area contributed by atoms with Crippen molar-refractivity contribution in [2.75, 3.05) is 6.54 Å². The zero-order chi connectivity index (χ0) is 9.94. The second-order valence-electron chi connectivity index (χ2n) is 4.08. The summed E-state index contributed by atoms with van der Waals surface area (Å²) >= 11 is 0. The molecule has 0 rings (SSSR count). The van der Waals surface area contributed by atoms with Crippen LogP contribution in [0.15, 0.2) is 12.2 Å². The molecule has 0 aromatic rings. The minimum Gasteiger partial charge on any atom is -0.330 e. The van der Waals surface area contributed by atoms with E-state index in [2.05, 4.69) is 26.0 Å². The van der Waals surface area contributed by atoms with Crippen molar-refractivity contribution < 1.29 is 0 Å².